The van der Waals surface area contributed by atoms with E-state index in [9.17, 15) is 56.3 Å². The number of hydrogen-bond donors (Lipinski definition) is 6. The molecule has 20 nitrogen and oxygen atoms in total. The Morgan fingerprint density at radius 1 is 0.521 bits per heavy atom. The topological polar surface area (TPSA) is 267 Å². The zero-order valence-electron chi connectivity index (χ0n) is 54.4. The van der Waals surface area contributed by atoms with Gasteiger partial charge in [0.25, 0.3) is 52.8 Å². The largest absolute Gasteiger partial charge is 0.446 e. The predicted molar refractivity (Wildman–Crippen MR) is 356 cm³/mol. The van der Waals surface area contributed by atoms with Crippen LogP contribution in [0, 0.1) is 51.1 Å². The number of nitrogens with zero attached hydrogens (tertiary/aromatic N) is 4. The number of fused-ring (bicyclic) bond motifs is 3. The van der Waals surface area contributed by atoms with Gasteiger partial charge in [-0.25, -0.2) is 18.2 Å². The van der Waals surface area contributed by atoms with Crippen molar-refractivity contribution < 1.29 is 60.7 Å². The summed E-state index contributed by atoms with van der Waals surface area (Å²) in [6.45, 7) is 15.8. The first-order valence-corrected chi connectivity index (χ1v) is 33.2. The van der Waals surface area contributed by atoms with E-state index in [4.69, 9.17) is 39.2 Å². The zero-order chi connectivity index (χ0) is 69.4. The molecule has 7 heterocycles. The van der Waals surface area contributed by atoms with E-state index in [-0.39, 0.29) is 83.3 Å². The minimum atomic E-state index is -0.866. The normalized spacial score (nSPS) is 15.3. The van der Waals surface area contributed by atoms with Crippen molar-refractivity contribution in [3.8, 4) is 0 Å². The molecular formula is C70H74Cl3F3N10O10. The van der Waals surface area contributed by atoms with E-state index in [0.717, 1.165) is 57.8 Å². The monoisotopic (exact) mass is 1380 g/mol. The molecule has 5 aliphatic rings. The molecular weight excluding hydrogens is 1300 g/mol. The van der Waals surface area contributed by atoms with Crippen LogP contribution >= 0.6 is 34.8 Å². The summed E-state index contributed by atoms with van der Waals surface area (Å²) in [5, 5.41) is 16.5. The molecule has 1 atom stereocenters. The van der Waals surface area contributed by atoms with Gasteiger partial charge >= 0.3 is 0 Å². The molecule has 2 aliphatic carbocycles. The van der Waals surface area contributed by atoms with Crippen molar-refractivity contribution in [2.45, 2.75) is 176 Å². The number of halogens is 6. The molecule has 4 aromatic heterocycles. The van der Waals surface area contributed by atoms with Gasteiger partial charge in [-0.05, 0) is 188 Å². The third kappa shape index (κ3) is 14.2. The lowest BCUT2D eigenvalue weighted by molar-refractivity contribution is -0.120. The van der Waals surface area contributed by atoms with Crippen LogP contribution in [0.4, 0.5) is 30.2 Å². The number of carbonyl (C=O) groups excluding carboxylic acids is 9. The molecule has 0 bridgehead atoms. The molecule has 0 saturated heterocycles. The number of carbonyl (C=O) groups is 9. The van der Waals surface area contributed by atoms with Gasteiger partial charge in [-0.15, -0.1) is 0 Å². The van der Waals surface area contributed by atoms with Crippen LogP contribution in [0.3, 0.4) is 0 Å². The average Bonchev–Trinajstić information content (AvgIpc) is 1.61. The van der Waals surface area contributed by atoms with Crippen LogP contribution in [0.5, 0.6) is 0 Å². The van der Waals surface area contributed by atoms with Crippen molar-refractivity contribution in [1.29, 1.82) is 0 Å². The summed E-state index contributed by atoms with van der Waals surface area (Å²) in [6.07, 6.45) is 11.3. The van der Waals surface area contributed by atoms with Crippen LogP contribution in [0.1, 0.15) is 206 Å². The fraction of sp³-hybridized carbons (Fsp3) is 0.400. The number of aryl methyl sites for hydroxylation is 4. The highest BCUT2D eigenvalue weighted by Crippen LogP contribution is 2.41. The third-order valence-corrected chi connectivity index (χ3v) is 19.7. The van der Waals surface area contributed by atoms with Gasteiger partial charge < -0.3 is 50.0 Å². The second-order valence-electron chi connectivity index (χ2n) is 25.5. The maximum absolute atomic E-state index is 13.6. The zero-order valence-corrected chi connectivity index (χ0v) is 56.6. The molecule has 6 amide bonds. The van der Waals surface area contributed by atoms with Crippen LogP contribution in [0.25, 0.3) is 0 Å². The Morgan fingerprint density at radius 3 is 1.15 bits per heavy atom. The number of ketones is 3. The summed E-state index contributed by atoms with van der Waals surface area (Å²) in [5.74, 6) is -6.92. The lowest BCUT2D eigenvalue weighted by atomic mass is 9.75. The van der Waals surface area contributed by atoms with Gasteiger partial charge in [0.2, 0.25) is 5.89 Å². The number of rotatable bonds is 19. The van der Waals surface area contributed by atoms with E-state index in [1.165, 1.54) is 60.9 Å². The second kappa shape index (κ2) is 28.5. The van der Waals surface area contributed by atoms with Crippen LogP contribution in [0.15, 0.2) is 65.3 Å². The Balaban J connectivity index is 0.000000157. The first-order chi connectivity index (χ1) is 45.6. The predicted octanol–water partition coefficient (Wildman–Crippen LogP) is 13.2. The first-order valence-electron chi connectivity index (χ1n) is 32.1. The summed E-state index contributed by atoms with van der Waals surface area (Å²) < 4.78 is 51.1. The van der Waals surface area contributed by atoms with Gasteiger partial charge in [0.1, 0.15) is 46.8 Å². The molecule has 7 aromatic rings. The van der Waals surface area contributed by atoms with Crippen molar-refractivity contribution >= 4 is 105 Å². The van der Waals surface area contributed by atoms with E-state index in [0.29, 0.717) is 108 Å². The van der Waals surface area contributed by atoms with E-state index < -0.39 is 58.8 Å². The maximum atomic E-state index is 13.6. The van der Waals surface area contributed by atoms with Gasteiger partial charge in [-0.2, -0.15) is 0 Å². The van der Waals surface area contributed by atoms with Crippen molar-refractivity contribution in [3.63, 3.8) is 0 Å². The fourth-order valence-electron chi connectivity index (χ4n) is 12.8. The van der Waals surface area contributed by atoms with Gasteiger partial charge in [-0.1, -0.05) is 62.5 Å². The molecule has 2 saturated carbocycles. The summed E-state index contributed by atoms with van der Waals surface area (Å²) in [4.78, 5) is 121. The molecule has 12 rings (SSSR count). The van der Waals surface area contributed by atoms with Crippen molar-refractivity contribution in [2.75, 3.05) is 16.0 Å². The van der Waals surface area contributed by atoms with E-state index in [1.54, 1.807) is 41.4 Å². The van der Waals surface area contributed by atoms with Crippen molar-refractivity contribution in [1.82, 2.24) is 34.6 Å². The van der Waals surface area contributed by atoms with E-state index >= 15 is 0 Å². The molecule has 0 radical (unpaired) electrons. The number of nitrogens with one attached hydrogen (secondary N) is 6. The lowest BCUT2D eigenvalue weighted by Crippen LogP contribution is -2.54. The van der Waals surface area contributed by atoms with Crippen molar-refractivity contribution in [3.05, 3.63) is 173 Å². The summed E-state index contributed by atoms with van der Waals surface area (Å²) in [5.41, 5.74) is 5.01. The first kappa shape index (κ1) is 70.0. The Morgan fingerprint density at radius 2 is 0.865 bits per heavy atom. The molecule has 6 N–H and O–H groups in total. The number of aromatic nitrogens is 4. The molecule has 2 fully saturated rings. The molecule has 0 unspecified atom stereocenters. The quantitative estimate of drug-likeness (QED) is 0.0327. The third-order valence-electron chi connectivity index (χ3n) is 18.6. The number of benzene rings is 3. The average molecular weight is 1380 g/mol. The van der Waals surface area contributed by atoms with Crippen molar-refractivity contribution in [2.24, 2.45) is 5.92 Å². The van der Waals surface area contributed by atoms with Crippen LogP contribution < -0.4 is 31.9 Å². The van der Waals surface area contributed by atoms with Gasteiger partial charge in [0, 0.05) is 64.9 Å². The van der Waals surface area contributed by atoms with Crippen LogP contribution in [0.2, 0.25) is 15.1 Å². The molecule has 96 heavy (non-hydrogen) atoms. The number of Topliss-reactive ketones (excluding diaryl/α,β-unsaturated/α-hetero) is 3. The molecule has 26 heteroatoms. The van der Waals surface area contributed by atoms with Crippen LogP contribution in [-0.2, 0) is 53.3 Å². The highest BCUT2D eigenvalue weighted by atomic mass is 35.5. The Kier molecular flexibility index (Phi) is 20.8. The van der Waals surface area contributed by atoms with Gasteiger partial charge in [-0.3, -0.25) is 43.2 Å². The van der Waals surface area contributed by atoms with E-state index in [1.807, 2.05) is 27.7 Å². The number of anilines is 3. The number of hydrogen-bond acceptors (Lipinski definition) is 11. The fourth-order valence-corrected chi connectivity index (χ4v) is 13.9. The SMILES string of the molecule is CCC1(NC(=O)C(=O)c2c(Cl)c(C(=O)Nc3ccc(F)c(C)c3)c3n2CCC3)CC1.CCC1(NC(=O)C(=O)c2c(Cl)c(C(=O)Nc3ccc(F)c(C)c3)c3n2CCC3)CCC1.Cc1coc([C@@H](NC(=O)C(=O)c2c(Cl)c(C(=O)Nc3ccc(F)c(C)c3)c3n2CCC3)C(C)C)n1. The molecule has 3 aromatic carbocycles. The van der Waals surface area contributed by atoms with Crippen LogP contribution in [-0.4, -0.2) is 82.6 Å². The summed E-state index contributed by atoms with van der Waals surface area (Å²) >= 11 is 19.5. The molecule has 506 valence electrons. The summed E-state index contributed by atoms with van der Waals surface area (Å²) in [7, 11) is 0. The smallest absolute Gasteiger partial charge is 0.294 e. The second-order valence-corrected chi connectivity index (χ2v) is 26.6. The Hall–Kier alpha value is -8.80. The summed E-state index contributed by atoms with van der Waals surface area (Å²) in [6, 6.07) is 12.1. The Labute approximate surface area is 567 Å². The Bertz CT molecular complexity index is 4340. The van der Waals surface area contributed by atoms with Gasteiger partial charge in [0.05, 0.1) is 37.5 Å². The molecule has 0 spiro atoms. The number of amides is 6. The van der Waals surface area contributed by atoms with E-state index in [2.05, 4.69) is 36.9 Å². The molecule has 3 aliphatic heterocycles. The highest BCUT2D eigenvalue weighted by Gasteiger charge is 2.45. The number of oxazole rings is 1. The minimum absolute atomic E-state index is 0.00894. The minimum Gasteiger partial charge on any atom is -0.446 e. The highest BCUT2D eigenvalue weighted by molar-refractivity contribution is 6.50. The lowest BCUT2D eigenvalue weighted by Gasteiger charge is -2.41. The van der Waals surface area contributed by atoms with Gasteiger partial charge in [0.15, 0.2) is 0 Å². The maximum Gasteiger partial charge on any atom is 0.294 e. The standard InChI is InChI=1S/C25H26ClFN4O4.C23H25ClFN3O3.C22H23ClFN3O3/c1-12(2)20(25-28-14(4)11-35-25)30-24(34)22(32)21-19(26)18(17-6-5-9-31(17)21)23(33)29-15-7-8-16(27)13(3)10-15;1-3-23(9-5-10-23)27-22(31)20(29)19-18(24)17(16-6-4-11-28(16)19)21(30)26-14-7-8-15(25)13(2)12-14;1-3-22(8-9-22)26-21(30)19(28)18-17(23)16(15-5-4-10-27(15)18)20(29)25-13-6-7-14(24)12(2)11-13/h7-8,10-12,20H,5-6,9H2,1-4H3,(H,29,33)(H,30,34);7-8,12H,3-6,9-11H2,1-2H3,(H,26,30)(H,27,31);6-7,11H,3-5,8-10H2,1-2H3,(H,25,29)(H,26,30)/t20-;;/m0../s1.